The monoisotopic (exact) mass is 470 g/mol. The van der Waals surface area contributed by atoms with Crippen molar-refractivity contribution in [3.05, 3.63) is 87.6 Å². The standard InChI is InChI=1S/C27H30N6O2/c1-19-5-4-6-22(12-19)16-30-7-9-31(10-8-30)25(34)17-32-18-28-26-24(27(32)35)15-29-33(26)23-13-20(2)11-21(3)14-23/h4-6,11-15,18H,7-10,16-17H2,1-3H3. The van der Waals surface area contributed by atoms with Crippen LogP contribution in [0.4, 0.5) is 0 Å². The van der Waals surface area contributed by atoms with Crippen molar-refractivity contribution >= 4 is 16.9 Å². The molecule has 1 aliphatic heterocycles. The third kappa shape index (κ3) is 4.88. The number of rotatable bonds is 5. The minimum absolute atomic E-state index is 0.0195. The molecule has 1 saturated heterocycles. The molecular formula is C27H30N6O2. The molecule has 0 aliphatic carbocycles. The summed E-state index contributed by atoms with van der Waals surface area (Å²) in [5.41, 5.74) is 5.87. The number of carbonyl (C=O) groups excluding carboxylic acids is 1. The lowest BCUT2D eigenvalue weighted by Gasteiger charge is -2.34. The highest BCUT2D eigenvalue weighted by atomic mass is 16.2. The van der Waals surface area contributed by atoms with E-state index in [0.29, 0.717) is 24.1 Å². The molecule has 4 aromatic rings. The molecule has 180 valence electrons. The fourth-order valence-corrected chi connectivity index (χ4v) is 4.79. The average molecular weight is 471 g/mol. The summed E-state index contributed by atoms with van der Waals surface area (Å²) in [4.78, 5) is 34.7. The second-order valence-corrected chi connectivity index (χ2v) is 9.46. The van der Waals surface area contributed by atoms with Gasteiger partial charge < -0.3 is 4.90 Å². The lowest BCUT2D eigenvalue weighted by Crippen LogP contribution is -2.49. The molecule has 0 spiro atoms. The summed E-state index contributed by atoms with van der Waals surface area (Å²) in [6, 6.07) is 14.6. The van der Waals surface area contributed by atoms with Gasteiger partial charge in [-0.1, -0.05) is 35.9 Å². The van der Waals surface area contributed by atoms with Crippen molar-refractivity contribution in [2.45, 2.75) is 33.9 Å². The first-order valence-electron chi connectivity index (χ1n) is 11.9. The van der Waals surface area contributed by atoms with Crippen molar-refractivity contribution in [1.29, 1.82) is 0 Å². The van der Waals surface area contributed by atoms with Gasteiger partial charge in [0.15, 0.2) is 5.65 Å². The lowest BCUT2D eigenvalue weighted by molar-refractivity contribution is -0.133. The minimum atomic E-state index is -0.253. The van der Waals surface area contributed by atoms with Crippen LogP contribution in [0.2, 0.25) is 0 Å². The van der Waals surface area contributed by atoms with Crippen LogP contribution in [0.3, 0.4) is 0 Å². The van der Waals surface area contributed by atoms with E-state index in [1.54, 1.807) is 4.68 Å². The molecule has 0 bridgehead atoms. The number of nitrogens with zero attached hydrogens (tertiary/aromatic N) is 6. The van der Waals surface area contributed by atoms with Gasteiger partial charge in [-0.05, 0) is 49.6 Å². The molecule has 1 fully saturated rings. The predicted octanol–water partition coefficient (Wildman–Crippen LogP) is 2.85. The Kier molecular flexibility index (Phi) is 6.21. The molecule has 0 N–H and O–H groups in total. The number of hydrogen-bond donors (Lipinski definition) is 0. The quantitative estimate of drug-likeness (QED) is 0.448. The largest absolute Gasteiger partial charge is 0.339 e. The summed E-state index contributed by atoms with van der Waals surface area (Å²) in [6.45, 7) is 9.95. The van der Waals surface area contributed by atoms with Gasteiger partial charge in [0.2, 0.25) is 5.91 Å². The topological polar surface area (TPSA) is 76.3 Å². The molecule has 0 saturated carbocycles. The highest BCUT2D eigenvalue weighted by Crippen LogP contribution is 2.17. The van der Waals surface area contributed by atoms with Gasteiger partial charge in [0, 0.05) is 32.7 Å². The van der Waals surface area contributed by atoms with E-state index in [-0.39, 0.29) is 18.0 Å². The maximum atomic E-state index is 13.1. The average Bonchev–Trinajstić information content (AvgIpc) is 3.26. The molecule has 0 radical (unpaired) electrons. The molecule has 2 aromatic heterocycles. The third-order valence-corrected chi connectivity index (χ3v) is 6.52. The van der Waals surface area contributed by atoms with Gasteiger partial charge in [-0.2, -0.15) is 5.10 Å². The Hall–Kier alpha value is -3.78. The summed E-state index contributed by atoms with van der Waals surface area (Å²) in [5, 5.41) is 4.81. The molecule has 5 rings (SSSR count). The zero-order valence-electron chi connectivity index (χ0n) is 20.4. The predicted molar refractivity (Wildman–Crippen MR) is 136 cm³/mol. The van der Waals surface area contributed by atoms with Crippen LogP contribution < -0.4 is 5.56 Å². The van der Waals surface area contributed by atoms with Crippen LogP contribution in [0, 0.1) is 20.8 Å². The molecule has 0 atom stereocenters. The Morgan fingerprint density at radius 3 is 2.40 bits per heavy atom. The minimum Gasteiger partial charge on any atom is -0.339 e. The highest BCUT2D eigenvalue weighted by molar-refractivity contribution is 5.78. The molecule has 35 heavy (non-hydrogen) atoms. The number of piperazine rings is 1. The smallest absolute Gasteiger partial charge is 0.264 e. The van der Waals surface area contributed by atoms with Crippen molar-refractivity contribution in [2.75, 3.05) is 26.2 Å². The number of amides is 1. The number of benzene rings is 2. The van der Waals surface area contributed by atoms with E-state index in [2.05, 4.69) is 52.2 Å². The van der Waals surface area contributed by atoms with Gasteiger partial charge in [0.1, 0.15) is 18.3 Å². The highest BCUT2D eigenvalue weighted by Gasteiger charge is 2.22. The Morgan fingerprint density at radius 1 is 0.943 bits per heavy atom. The fourth-order valence-electron chi connectivity index (χ4n) is 4.79. The molecule has 2 aromatic carbocycles. The van der Waals surface area contributed by atoms with E-state index < -0.39 is 0 Å². The van der Waals surface area contributed by atoms with Gasteiger partial charge in [-0.3, -0.25) is 19.1 Å². The molecule has 3 heterocycles. The van der Waals surface area contributed by atoms with E-state index >= 15 is 0 Å². The number of aromatic nitrogens is 4. The summed E-state index contributed by atoms with van der Waals surface area (Å²) in [5.74, 6) is -0.0647. The number of carbonyl (C=O) groups is 1. The first kappa shape index (κ1) is 23.0. The van der Waals surface area contributed by atoms with E-state index in [0.717, 1.165) is 36.4 Å². The van der Waals surface area contributed by atoms with Crippen LogP contribution in [0.15, 0.2) is 59.8 Å². The van der Waals surface area contributed by atoms with Crippen LogP contribution in [0.1, 0.15) is 22.3 Å². The second-order valence-electron chi connectivity index (χ2n) is 9.46. The summed E-state index contributed by atoms with van der Waals surface area (Å²) in [7, 11) is 0. The molecule has 0 unspecified atom stereocenters. The molecular weight excluding hydrogens is 440 g/mol. The molecule has 1 amide bonds. The zero-order valence-corrected chi connectivity index (χ0v) is 20.4. The van der Waals surface area contributed by atoms with Crippen LogP contribution in [0.5, 0.6) is 0 Å². The van der Waals surface area contributed by atoms with E-state index in [9.17, 15) is 9.59 Å². The fraction of sp³-hybridized carbons (Fsp3) is 0.333. The van der Waals surface area contributed by atoms with Crippen molar-refractivity contribution in [3.8, 4) is 5.69 Å². The first-order valence-corrected chi connectivity index (χ1v) is 11.9. The van der Waals surface area contributed by atoms with E-state index in [1.165, 1.54) is 28.2 Å². The van der Waals surface area contributed by atoms with Crippen LogP contribution in [-0.2, 0) is 17.9 Å². The van der Waals surface area contributed by atoms with Gasteiger partial charge in [-0.25, -0.2) is 9.67 Å². The normalized spacial score (nSPS) is 14.5. The zero-order chi connectivity index (χ0) is 24.5. The van der Waals surface area contributed by atoms with Crippen molar-refractivity contribution in [3.63, 3.8) is 0 Å². The van der Waals surface area contributed by atoms with Crippen molar-refractivity contribution in [1.82, 2.24) is 29.1 Å². The molecule has 8 nitrogen and oxygen atoms in total. The Bertz CT molecular complexity index is 1430. The van der Waals surface area contributed by atoms with Crippen LogP contribution in [-0.4, -0.2) is 61.2 Å². The van der Waals surface area contributed by atoms with E-state index in [4.69, 9.17) is 0 Å². The van der Waals surface area contributed by atoms with Crippen molar-refractivity contribution in [2.24, 2.45) is 0 Å². The summed E-state index contributed by atoms with van der Waals surface area (Å²) >= 11 is 0. The number of fused-ring (bicyclic) bond motifs is 1. The van der Waals surface area contributed by atoms with Crippen LogP contribution in [0.25, 0.3) is 16.7 Å². The lowest BCUT2D eigenvalue weighted by atomic mass is 10.1. The maximum absolute atomic E-state index is 13.1. The summed E-state index contributed by atoms with van der Waals surface area (Å²) < 4.78 is 3.06. The first-order chi connectivity index (χ1) is 16.9. The second kappa shape index (κ2) is 9.46. The van der Waals surface area contributed by atoms with E-state index in [1.807, 2.05) is 30.9 Å². The SMILES string of the molecule is Cc1cccc(CN2CCN(C(=O)Cn3cnc4c(cnn4-c4cc(C)cc(C)c4)c3=O)CC2)c1. The molecule has 1 aliphatic rings. The van der Waals surface area contributed by atoms with Gasteiger partial charge >= 0.3 is 0 Å². The Balaban J connectivity index is 1.26. The third-order valence-electron chi connectivity index (χ3n) is 6.52. The maximum Gasteiger partial charge on any atom is 0.264 e. The van der Waals surface area contributed by atoms with Gasteiger partial charge in [-0.15, -0.1) is 0 Å². The number of hydrogen-bond acceptors (Lipinski definition) is 5. The summed E-state index contributed by atoms with van der Waals surface area (Å²) in [6.07, 6.45) is 2.99. The Morgan fingerprint density at radius 2 is 1.69 bits per heavy atom. The van der Waals surface area contributed by atoms with Crippen molar-refractivity contribution < 1.29 is 4.79 Å². The molecule has 8 heteroatoms. The van der Waals surface area contributed by atoms with Gasteiger partial charge in [0.25, 0.3) is 5.56 Å². The van der Waals surface area contributed by atoms with Crippen LogP contribution >= 0.6 is 0 Å². The number of aryl methyl sites for hydroxylation is 3. The Labute approximate surface area is 204 Å². The van der Waals surface area contributed by atoms with Gasteiger partial charge in [0.05, 0.1) is 11.9 Å².